The summed E-state index contributed by atoms with van der Waals surface area (Å²) >= 11 is 0. The molecule has 5 heteroatoms. The van der Waals surface area contributed by atoms with Crippen LogP contribution in [0.1, 0.15) is 25.8 Å². The van der Waals surface area contributed by atoms with Gasteiger partial charge in [0.2, 0.25) is 0 Å². The minimum absolute atomic E-state index is 0.0240. The van der Waals surface area contributed by atoms with Crippen LogP contribution in [-0.2, 0) is 6.42 Å². The Morgan fingerprint density at radius 1 is 1.05 bits per heavy atom. The highest BCUT2D eigenvalue weighted by atomic mass is 19.1. The zero-order valence-corrected chi connectivity index (χ0v) is 12.2. The molecular formula is C16H19F2N3. The van der Waals surface area contributed by atoms with Crippen molar-refractivity contribution in [2.75, 3.05) is 17.2 Å². The molecule has 1 aromatic heterocycles. The highest BCUT2D eigenvalue weighted by Gasteiger charge is 2.12. The standard InChI is InChI=1S/C16H19F2N3/c1-3-9-19-15-12(17)10-13(18)16(21-15)20-14-8-6-5-7-11(14)4-2/h5-8,10H,3-4,9H2,1-2H3,(H2,19,20,21). The Hall–Kier alpha value is -2.17. The van der Waals surface area contributed by atoms with E-state index >= 15 is 0 Å². The molecule has 3 nitrogen and oxygen atoms in total. The van der Waals surface area contributed by atoms with Crippen molar-refractivity contribution in [3.05, 3.63) is 47.5 Å². The summed E-state index contributed by atoms with van der Waals surface area (Å²) in [7, 11) is 0. The first kappa shape index (κ1) is 15.2. The molecule has 2 N–H and O–H groups in total. The van der Waals surface area contributed by atoms with Crippen LogP contribution in [0.4, 0.5) is 26.1 Å². The quantitative estimate of drug-likeness (QED) is 0.823. The number of pyridine rings is 1. The van der Waals surface area contributed by atoms with Crippen LogP contribution in [0, 0.1) is 11.6 Å². The van der Waals surface area contributed by atoms with Crippen LogP contribution in [0.25, 0.3) is 0 Å². The molecule has 0 saturated carbocycles. The van der Waals surface area contributed by atoms with E-state index in [2.05, 4.69) is 15.6 Å². The Labute approximate surface area is 123 Å². The molecular weight excluding hydrogens is 272 g/mol. The summed E-state index contributed by atoms with van der Waals surface area (Å²) < 4.78 is 27.5. The molecule has 0 unspecified atom stereocenters. The first-order valence-electron chi connectivity index (χ1n) is 7.10. The van der Waals surface area contributed by atoms with Gasteiger partial charge in [-0.3, -0.25) is 0 Å². The summed E-state index contributed by atoms with van der Waals surface area (Å²) in [5.74, 6) is -1.30. The number of rotatable bonds is 6. The van der Waals surface area contributed by atoms with Crippen LogP contribution in [-0.4, -0.2) is 11.5 Å². The number of nitrogens with one attached hydrogen (secondary N) is 2. The molecule has 0 radical (unpaired) electrons. The smallest absolute Gasteiger partial charge is 0.169 e. The van der Waals surface area contributed by atoms with Crippen molar-refractivity contribution in [1.82, 2.24) is 4.98 Å². The zero-order valence-electron chi connectivity index (χ0n) is 12.2. The van der Waals surface area contributed by atoms with Gasteiger partial charge in [0.15, 0.2) is 23.3 Å². The van der Waals surface area contributed by atoms with Crippen molar-refractivity contribution >= 4 is 17.3 Å². The van der Waals surface area contributed by atoms with Crippen LogP contribution in [0.2, 0.25) is 0 Å². The average molecular weight is 291 g/mol. The molecule has 2 rings (SSSR count). The summed E-state index contributed by atoms with van der Waals surface area (Å²) in [6.45, 7) is 4.56. The normalized spacial score (nSPS) is 10.5. The topological polar surface area (TPSA) is 37.0 Å². The van der Waals surface area contributed by atoms with Gasteiger partial charge in [0, 0.05) is 18.3 Å². The maximum atomic E-state index is 13.9. The number of hydrogen-bond acceptors (Lipinski definition) is 3. The highest BCUT2D eigenvalue weighted by Crippen LogP contribution is 2.25. The molecule has 0 aliphatic rings. The second-order valence-electron chi connectivity index (χ2n) is 4.71. The molecule has 0 aliphatic carbocycles. The number of aryl methyl sites for hydroxylation is 1. The van der Waals surface area contributed by atoms with E-state index < -0.39 is 11.6 Å². The molecule has 1 aromatic carbocycles. The maximum Gasteiger partial charge on any atom is 0.169 e. The van der Waals surface area contributed by atoms with Crippen molar-refractivity contribution < 1.29 is 8.78 Å². The molecule has 0 amide bonds. The van der Waals surface area contributed by atoms with Gasteiger partial charge in [-0.25, -0.2) is 13.8 Å². The van der Waals surface area contributed by atoms with E-state index in [1.807, 2.05) is 38.1 Å². The largest absolute Gasteiger partial charge is 0.368 e. The van der Waals surface area contributed by atoms with Crippen molar-refractivity contribution in [2.24, 2.45) is 0 Å². The first-order valence-corrected chi connectivity index (χ1v) is 7.10. The fourth-order valence-corrected chi connectivity index (χ4v) is 2.00. The van der Waals surface area contributed by atoms with Crippen LogP contribution in [0.15, 0.2) is 30.3 Å². The molecule has 0 aliphatic heterocycles. The maximum absolute atomic E-state index is 13.9. The molecule has 1 heterocycles. The van der Waals surface area contributed by atoms with E-state index in [0.717, 1.165) is 30.2 Å². The number of aromatic nitrogens is 1. The van der Waals surface area contributed by atoms with Gasteiger partial charge in [0.25, 0.3) is 0 Å². The third kappa shape index (κ3) is 3.68. The molecule has 2 aromatic rings. The van der Waals surface area contributed by atoms with Crippen LogP contribution in [0.5, 0.6) is 0 Å². The van der Waals surface area contributed by atoms with Crippen LogP contribution >= 0.6 is 0 Å². The van der Waals surface area contributed by atoms with Gasteiger partial charge >= 0.3 is 0 Å². The molecule has 0 bridgehead atoms. The van der Waals surface area contributed by atoms with Crippen molar-refractivity contribution in [3.63, 3.8) is 0 Å². The molecule has 0 fully saturated rings. The lowest BCUT2D eigenvalue weighted by atomic mass is 10.1. The summed E-state index contributed by atoms with van der Waals surface area (Å²) in [6, 6.07) is 8.44. The van der Waals surface area contributed by atoms with Crippen LogP contribution < -0.4 is 10.6 Å². The van der Waals surface area contributed by atoms with Crippen molar-refractivity contribution in [1.29, 1.82) is 0 Å². The minimum atomic E-state index is -0.708. The van der Waals surface area contributed by atoms with Gasteiger partial charge in [0.05, 0.1) is 0 Å². The van der Waals surface area contributed by atoms with Gasteiger partial charge in [0.1, 0.15) is 0 Å². The van der Waals surface area contributed by atoms with E-state index in [1.54, 1.807) is 0 Å². The highest BCUT2D eigenvalue weighted by molar-refractivity contribution is 5.62. The van der Waals surface area contributed by atoms with E-state index in [4.69, 9.17) is 0 Å². The first-order chi connectivity index (χ1) is 10.2. The van der Waals surface area contributed by atoms with Gasteiger partial charge in [-0.1, -0.05) is 32.0 Å². The summed E-state index contributed by atoms with van der Waals surface area (Å²) in [5, 5.41) is 5.79. The molecule has 0 spiro atoms. The van der Waals surface area contributed by atoms with E-state index in [0.29, 0.717) is 6.54 Å². The van der Waals surface area contributed by atoms with Crippen molar-refractivity contribution in [2.45, 2.75) is 26.7 Å². The lowest BCUT2D eigenvalue weighted by Gasteiger charge is -2.13. The van der Waals surface area contributed by atoms with Crippen LogP contribution in [0.3, 0.4) is 0 Å². The summed E-state index contributed by atoms with van der Waals surface area (Å²) in [6.07, 6.45) is 1.65. The minimum Gasteiger partial charge on any atom is -0.368 e. The fourth-order valence-electron chi connectivity index (χ4n) is 2.00. The Morgan fingerprint density at radius 3 is 2.48 bits per heavy atom. The predicted molar refractivity (Wildman–Crippen MR) is 82.0 cm³/mol. The Balaban J connectivity index is 2.30. The zero-order chi connectivity index (χ0) is 15.2. The summed E-state index contributed by atoms with van der Waals surface area (Å²) in [5.41, 5.74) is 1.82. The molecule has 0 atom stereocenters. The fraction of sp³-hybridized carbons (Fsp3) is 0.312. The molecule has 21 heavy (non-hydrogen) atoms. The van der Waals surface area contributed by atoms with E-state index in [1.165, 1.54) is 0 Å². The Morgan fingerprint density at radius 2 is 1.76 bits per heavy atom. The SMILES string of the molecule is CCCNc1nc(Nc2ccccc2CC)c(F)cc1F. The lowest BCUT2D eigenvalue weighted by molar-refractivity contribution is 0.579. The van der Waals surface area contributed by atoms with Gasteiger partial charge in [-0.05, 0) is 24.5 Å². The number of hydrogen-bond donors (Lipinski definition) is 2. The number of anilines is 3. The van der Waals surface area contributed by atoms with Gasteiger partial charge in [-0.15, -0.1) is 0 Å². The number of para-hydroxylation sites is 1. The summed E-state index contributed by atoms with van der Waals surface area (Å²) in [4.78, 5) is 4.01. The molecule has 112 valence electrons. The van der Waals surface area contributed by atoms with E-state index in [-0.39, 0.29) is 11.6 Å². The molecule has 0 saturated heterocycles. The van der Waals surface area contributed by atoms with Crippen molar-refractivity contribution in [3.8, 4) is 0 Å². The van der Waals surface area contributed by atoms with Gasteiger partial charge in [-0.2, -0.15) is 0 Å². The van der Waals surface area contributed by atoms with E-state index in [9.17, 15) is 8.78 Å². The van der Waals surface area contributed by atoms with Gasteiger partial charge < -0.3 is 10.6 Å². The third-order valence-corrected chi connectivity index (χ3v) is 3.12. The monoisotopic (exact) mass is 291 g/mol. The number of benzene rings is 1. The third-order valence-electron chi connectivity index (χ3n) is 3.12. The Bertz CT molecular complexity index is 614. The second-order valence-corrected chi connectivity index (χ2v) is 4.71. The second kappa shape index (κ2) is 7.02. The number of halogens is 2. The lowest BCUT2D eigenvalue weighted by Crippen LogP contribution is -2.08. The number of nitrogens with zero attached hydrogens (tertiary/aromatic N) is 1. The Kier molecular flexibility index (Phi) is 5.09. The average Bonchev–Trinajstić information content (AvgIpc) is 2.49. The predicted octanol–water partition coefficient (Wildman–Crippen LogP) is 4.49.